The summed E-state index contributed by atoms with van der Waals surface area (Å²) in [6.07, 6.45) is 0. The topological polar surface area (TPSA) is 23.5 Å². The first-order chi connectivity index (χ1) is 8.58. The third-order valence-corrected chi connectivity index (χ3v) is 4.04. The number of aryl methyl sites for hydroxylation is 1. The van der Waals surface area contributed by atoms with E-state index >= 15 is 0 Å². The second kappa shape index (κ2) is 5.64. The zero-order valence-electron chi connectivity index (χ0n) is 13.5. The van der Waals surface area contributed by atoms with Crippen molar-refractivity contribution in [3.05, 3.63) is 34.9 Å². The zero-order chi connectivity index (χ0) is 14.8. The van der Waals surface area contributed by atoms with Crippen LogP contribution in [0.1, 0.15) is 51.3 Å². The third kappa shape index (κ3) is 4.05. The SMILES string of the molecule is Cc1cc(C(C)(C)C)ccc1CN(C)C(C)(C)CO. The summed E-state index contributed by atoms with van der Waals surface area (Å²) < 4.78 is 0. The highest BCUT2D eigenvalue weighted by Crippen LogP contribution is 2.25. The quantitative estimate of drug-likeness (QED) is 0.899. The zero-order valence-corrected chi connectivity index (χ0v) is 13.5. The first-order valence-corrected chi connectivity index (χ1v) is 7.00. The Hall–Kier alpha value is -0.860. The van der Waals surface area contributed by atoms with E-state index in [0.717, 1.165) is 6.54 Å². The second-order valence-corrected chi connectivity index (χ2v) is 7.22. The van der Waals surface area contributed by atoms with Gasteiger partial charge in [0.25, 0.3) is 0 Å². The van der Waals surface area contributed by atoms with Gasteiger partial charge in [0.05, 0.1) is 6.61 Å². The van der Waals surface area contributed by atoms with E-state index in [2.05, 4.69) is 71.7 Å². The maximum Gasteiger partial charge on any atom is 0.0610 e. The molecule has 19 heavy (non-hydrogen) atoms. The standard InChI is InChI=1S/C17H29NO/c1-13-10-15(16(2,3)4)9-8-14(13)11-18(7)17(5,6)12-19/h8-10,19H,11-12H2,1-7H3. The van der Waals surface area contributed by atoms with Gasteiger partial charge in [0.1, 0.15) is 0 Å². The van der Waals surface area contributed by atoms with Crippen molar-refractivity contribution in [1.29, 1.82) is 0 Å². The van der Waals surface area contributed by atoms with Crippen molar-refractivity contribution in [1.82, 2.24) is 4.90 Å². The molecule has 0 radical (unpaired) electrons. The second-order valence-electron chi connectivity index (χ2n) is 7.22. The monoisotopic (exact) mass is 263 g/mol. The van der Waals surface area contributed by atoms with Gasteiger partial charge in [0.15, 0.2) is 0 Å². The van der Waals surface area contributed by atoms with Gasteiger partial charge in [0.2, 0.25) is 0 Å². The van der Waals surface area contributed by atoms with Gasteiger partial charge in [-0.2, -0.15) is 0 Å². The van der Waals surface area contributed by atoms with Gasteiger partial charge < -0.3 is 5.11 Å². The van der Waals surface area contributed by atoms with Crippen LogP contribution in [-0.2, 0) is 12.0 Å². The summed E-state index contributed by atoms with van der Waals surface area (Å²) >= 11 is 0. The van der Waals surface area contributed by atoms with Crippen molar-refractivity contribution in [2.24, 2.45) is 0 Å². The van der Waals surface area contributed by atoms with E-state index in [0.29, 0.717) is 0 Å². The van der Waals surface area contributed by atoms with E-state index in [1.165, 1.54) is 16.7 Å². The highest BCUT2D eigenvalue weighted by Gasteiger charge is 2.23. The molecule has 0 bridgehead atoms. The van der Waals surface area contributed by atoms with Crippen molar-refractivity contribution in [3.8, 4) is 0 Å². The molecule has 0 aliphatic heterocycles. The van der Waals surface area contributed by atoms with Crippen LogP contribution in [0.25, 0.3) is 0 Å². The lowest BCUT2D eigenvalue weighted by Gasteiger charge is -2.34. The van der Waals surface area contributed by atoms with Crippen molar-refractivity contribution in [2.45, 2.75) is 59.0 Å². The fourth-order valence-electron chi connectivity index (χ4n) is 1.93. The van der Waals surface area contributed by atoms with Crippen molar-refractivity contribution in [3.63, 3.8) is 0 Å². The lowest BCUT2D eigenvalue weighted by atomic mass is 9.85. The van der Waals surface area contributed by atoms with E-state index in [1.807, 2.05) is 0 Å². The maximum absolute atomic E-state index is 9.42. The minimum atomic E-state index is -0.185. The molecule has 1 N–H and O–H groups in total. The molecule has 2 heteroatoms. The van der Waals surface area contributed by atoms with Crippen LogP contribution in [-0.4, -0.2) is 29.2 Å². The summed E-state index contributed by atoms with van der Waals surface area (Å²) in [5.41, 5.74) is 4.04. The van der Waals surface area contributed by atoms with Crippen molar-refractivity contribution < 1.29 is 5.11 Å². The molecule has 0 amide bonds. The number of benzene rings is 1. The molecule has 0 saturated heterocycles. The van der Waals surface area contributed by atoms with Crippen molar-refractivity contribution >= 4 is 0 Å². The molecular formula is C17H29NO. The Morgan fingerprint density at radius 3 is 2.11 bits per heavy atom. The highest BCUT2D eigenvalue weighted by atomic mass is 16.3. The number of rotatable bonds is 4. The predicted molar refractivity (Wildman–Crippen MR) is 82.5 cm³/mol. The van der Waals surface area contributed by atoms with Gasteiger partial charge in [-0.25, -0.2) is 0 Å². The summed E-state index contributed by atoms with van der Waals surface area (Å²) in [7, 11) is 2.06. The van der Waals surface area contributed by atoms with Crippen LogP contribution in [0.15, 0.2) is 18.2 Å². The summed E-state index contributed by atoms with van der Waals surface area (Å²) in [4.78, 5) is 2.20. The molecule has 1 rings (SSSR count). The van der Waals surface area contributed by atoms with Gasteiger partial charge in [-0.15, -0.1) is 0 Å². The number of aliphatic hydroxyl groups is 1. The molecule has 1 aromatic carbocycles. The Morgan fingerprint density at radius 1 is 1.11 bits per heavy atom. The first kappa shape index (κ1) is 16.2. The summed E-state index contributed by atoms with van der Waals surface area (Å²) in [5, 5.41) is 9.42. The third-order valence-electron chi connectivity index (χ3n) is 4.04. The van der Waals surface area contributed by atoms with E-state index in [9.17, 15) is 5.11 Å². The smallest absolute Gasteiger partial charge is 0.0610 e. The molecule has 1 aromatic rings. The fourth-order valence-corrected chi connectivity index (χ4v) is 1.93. The van der Waals surface area contributed by atoms with E-state index in [4.69, 9.17) is 0 Å². The summed E-state index contributed by atoms with van der Waals surface area (Å²) in [6, 6.07) is 6.73. The Balaban J connectivity index is 2.93. The maximum atomic E-state index is 9.42. The number of hydrogen-bond donors (Lipinski definition) is 1. The predicted octanol–water partition coefficient (Wildman–Crippen LogP) is 3.50. The lowest BCUT2D eigenvalue weighted by Crippen LogP contribution is -2.43. The molecule has 0 aromatic heterocycles. The molecular weight excluding hydrogens is 234 g/mol. The molecule has 0 aliphatic carbocycles. The fraction of sp³-hybridized carbons (Fsp3) is 0.647. The van der Waals surface area contributed by atoms with Crippen LogP contribution in [0.2, 0.25) is 0 Å². The molecule has 0 unspecified atom stereocenters. The largest absolute Gasteiger partial charge is 0.394 e. The van der Waals surface area contributed by atoms with Crippen LogP contribution >= 0.6 is 0 Å². The van der Waals surface area contributed by atoms with Crippen LogP contribution in [0.5, 0.6) is 0 Å². The first-order valence-electron chi connectivity index (χ1n) is 7.00. The molecule has 0 fully saturated rings. The normalized spacial score (nSPS) is 13.1. The molecule has 0 atom stereocenters. The molecule has 0 aliphatic rings. The van der Waals surface area contributed by atoms with E-state index in [-0.39, 0.29) is 17.6 Å². The molecule has 2 nitrogen and oxygen atoms in total. The van der Waals surface area contributed by atoms with Gasteiger partial charge in [-0.3, -0.25) is 4.90 Å². The Labute approximate surface area is 118 Å². The highest BCUT2D eigenvalue weighted by molar-refractivity contribution is 5.34. The molecule has 108 valence electrons. The van der Waals surface area contributed by atoms with E-state index in [1.54, 1.807) is 0 Å². The van der Waals surface area contributed by atoms with Gasteiger partial charge in [0, 0.05) is 12.1 Å². The van der Waals surface area contributed by atoms with Gasteiger partial charge in [-0.1, -0.05) is 39.0 Å². The molecule has 0 heterocycles. The average Bonchev–Trinajstić information content (AvgIpc) is 2.30. The van der Waals surface area contributed by atoms with Crippen LogP contribution in [0, 0.1) is 6.92 Å². The number of aliphatic hydroxyl groups excluding tert-OH is 1. The Bertz CT molecular complexity index is 429. The van der Waals surface area contributed by atoms with Gasteiger partial charge >= 0.3 is 0 Å². The molecule has 0 spiro atoms. The van der Waals surface area contributed by atoms with E-state index < -0.39 is 0 Å². The summed E-state index contributed by atoms with van der Waals surface area (Å²) in [6.45, 7) is 14.0. The molecule has 0 saturated carbocycles. The minimum absolute atomic E-state index is 0.169. The number of hydrogen-bond acceptors (Lipinski definition) is 2. The Morgan fingerprint density at radius 2 is 1.68 bits per heavy atom. The van der Waals surface area contributed by atoms with Crippen molar-refractivity contribution in [2.75, 3.05) is 13.7 Å². The van der Waals surface area contributed by atoms with Crippen LogP contribution < -0.4 is 0 Å². The van der Waals surface area contributed by atoms with Crippen LogP contribution in [0.4, 0.5) is 0 Å². The van der Waals surface area contributed by atoms with Crippen LogP contribution in [0.3, 0.4) is 0 Å². The minimum Gasteiger partial charge on any atom is -0.394 e. The number of nitrogens with zero attached hydrogens (tertiary/aromatic N) is 1. The Kier molecular flexibility index (Phi) is 4.81. The average molecular weight is 263 g/mol. The van der Waals surface area contributed by atoms with Gasteiger partial charge in [-0.05, 0) is 49.9 Å². The number of likely N-dealkylation sites (N-methyl/N-ethyl adjacent to an activating group) is 1. The summed E-state index contributed by atoms with van der Waals surface area (Å²) in [5.74, 6) is 0. The lowest BCUT2D eigenvalue weighted by molar-refractivity contribution is 0.0732.